The highest BCUT2D eigenvalue weighted by molar-refractivity contribution is 6.45. The molecule has 1 atom stereocenters. The zero-order valence-corrected chi connectivity index (χ0v) is 17.4. The third-order valence-electron chi connectivity index (χ3n) is 4.37. The molecule has 1 aliphatic rings. The Labute approximate surface area is 181 Å². The zero-order valence-electron chi connectivity index (χ0n) is 15.9. The molecule has 0 aromatic heterocycles. The van der Waals surface area contributed by atoms with Crippen molar-refractivity contribution in [2.45, 2.75) is 32.4 Å². The normalized spacial score (nSPS) is 15.3. The molecule has 0 saturated heterocycles. The van der Waals surface area contributed by atoms with Crippen LogP contribution in [0.1, 0.15) is 41.3 Å². The fraction of sp³-hybridized carbons (Fsp3) is 0.333. The van der Waals surface area contributed by atoms with E-state index >= 15 is 0 Å². The number of Topliss-reactive ketones (excluding diaryl/α,β-unsaturated/α-hetero) is 1. The van der Waals surface area contributed by atoms with Crippen molar-refractivity contribution in [3.05, 3.63) is 63.1 Å². The molecule has 0 aliphatic heterocycles. The minimum atomic E-state index is -4.21. The predicted octanol–water partition coefficient (Wildman–Crippen LogP) is 6.32. The van der Waals surface area contributed by atoms with Crippen LogP contribution in [0.15, 0.2) is 36.4 Å². The highest BCUT2D eigenvalue weighted by atomic mass is 35.5. The number of carboxylic acids is 1. The number of ether oxygens (including phenoxy) is 1. The van der Waals surface area contributed by atoms with Crippen molar-refractivity contribution in [1.82, 2.24) is 0 Å². The summed E-state index contributed by atoms with van der Waals surface area (Å²) in [5, 5.41) is 8.99. The second-order valence-corrected chi connectivity index (χ2v) is 7.47. The number of benzene rings is 2. The molecule has 0 amide bonds. The summed E-state index contributed by atoms with van der Waals surface area (Å²) in [4.78, 5) is 22.4. The average Bonchev–Trinajstić information content (AvgIpc) is 2.97. The van der Waals surface area contributed by atoms with Crippen LogP contribution in [0, 0.1) is 5.92 Å². The first-order valence-corrected chi connectivity index (χ1v) is 9.79. The van der Waals surface area contributed by atoms with Crippen molar-refractivity contribution in [3.8, 4) is 5.75 Å². The quantitative estimate of drug-likeness (QED) is 0.528. The van der Waals surface area contributed by atoms with Gasteiger partial charge in [0.2, 0.25) is 0 Å². The monoisotopic (exact) mass is 462 g/mol. The van der Waals surface area contributed by atoms with Gasteiger partial charge in [-0.25, -0.2) is 0 Å². The lowest BCUT2D eigenvalue weighted by molar-refractivity contribution is -0.138. The highest BCUT2D eigenvalue weighted by Gasteiger charge is 2.32. The lowest BCUT2D eigenvalue weighted by Crippen LogP contribution is -2.05. The third kappa shape index (κ3) is 6.12. The molecule has 2 aromatic carbocycles. The molecule has 3 rings (SSSR count). The van der Waals surface area contributed by atoms with E-state index in [1.54, 1.807) is 12.1 Å². The van der Waals surface area contributed by atoms with E-state index in [4.69, 9.17) is 33.0 Å². The topological polar surface area (TPSA) is 63.6 Å². The summed E-state index contributed by atoms with van der Waals surface area (Å²) in [5.41, 5.74) is 0.724. The van der Waals surface area contributed by atoms with Crippen LogP contribution in [0.3, 0.4) is 0 Å². The number of hydrogen-bond donors (Lipinski definition) is 1. The first kappa shape index (κ1) is 24.0. The molecule has 0 bridgehead atoms. The van der Waals surface area contributed by atoms with E-state index in [0.717, 1.165) is 17.7 Å². The van der Waals surface area contributed by atoms with Crippen LogP contribution in [-0.2, 0) is 17.4 Å². The molecule has 0 heterocycles. The molecule has 0 radical (unpaired) electrons. The Balaban J connectivity index is 0.000000269. The number of aliphatic carboxylic acids is 1. The predicted molar refractivity (Wildman–Crippen MR) is 107 cm³/mol. The van der Waals surface area contributed by atoms with E-state index in [0.29, 0.717) is 24.2 Å². The summed E-state index contributed by atoms with van der Waals surface area (Å²) >= 11 is 12.2. The number of carbonyl (C=O) groups is 2. The van der Waals surface area contributed by atoms with Gasteiger partial charge in [0.05, 0.1) is 17.2 Å². The van der Waals surface area contributed by atoms with Crippen LogP contribution in [0.2, 0.25) is 10.0 Å². The van der Waals surface area contributed by atoms with Gasteiger partial charge in [0.1, 0.15) is 10.8 Å². The first-order valence-electron chi connectivity index (χ1n) is 9.04. The van der Waals surface area contributed by atoms with E-state index in [-0.39, 0.29) is 34.8 Å². The second-order valence-electron chi connectivity index (χ2n) is 6.72. The van der Waals surface area contributed by atoms with E-state index in [2.05, 4.69) is 0 Å². The highest BCUT2D eigenvalue weighted by Crippen LogP contribution is 2.42. The number of carboxylic acid groups (broad SMARTS) is 1. The van der Waals surface area contributed by atoms with Gasteiger partial charge in [-0.2, -0.15) is 13.2 Å². The fourth-order valence-corrected chi connectivity index (χ4v) is 3.40. The Morgan fingerprint density at radius 1 is 1.20 bits per heavy atom. The van der Waals surface area contributed by atoms with E-state index in [1.807, 2.05) is 6.92 Å². The summed E-state index contributed by atoms with van der Waals surface area (Å²) in [6.45, 7) is 2.09. The van der Waals surface area contributed by atoms with Crippen molar-refractivity contribution in [2.24, 2.45) is 5.92 Å². The minimum Gasteiger partial charge on any atom is -0.492 e. The molecule has 1 unspecified atom stereocenters. The summed E-state index contributed by atoms with van der Waals surface area (Å²) in [6.07, 6.45) is -3.17. The van der Waals surface area contributed by atoms with Crippen molar-refractivity contribution < 1.29 is 32.6 Å². The van der Waals surface area contributed by atoms with Crippen LogP contribution in [0.25, 0.3) is 0 Å². The molecule has 30 heavy (non-hydrogen) atoms. The van der Waals surface area contributed by atoms with Gasteiger partial charge in [0, 0.05) is 17.9 Å². The van der Waals surface area contributed by atoms with Crippen molar-refractivity contribution in [3.63, 3.8) is 0 Å². The molecular formula is C21H19Cl2F3O4. The Morgan fingerprint density at radius 2 is 1.83 bits per heavy atom. The molecule has 162 valence electrons. The minimum absolute atomic E-state index is 0.00401. The Hall–Kier alpha value is -2.25. The summed E-state index contributed by atoms with van der Waals surface area (Å²) in [6, 6.07) is 8.09. The lowest BCUT2D eigenvalue weighted by atomic mass is 10.1. The van der Waals surface area contributed by atoms with Crippen LogP contribution >= 0.6 is 23.2 Å². The average molecular weight is 463 g/mol. The Morgan fingerprint density at radius 3 is 2.37 bits per heavy atom. The molecule has 0 saturated carbocycles. The maximum Gasteiger partial charge on any atom is 0.416 e. The second kappa shape index (κ2) is 10.2. The van der Waals surface area contributed by atoms with Gasteiger partial charge >= 0.3 is 12.1 Å². The number of fused-ring (bicyclic) bond motifs is 1. The smallest absolute Gasteiger partial charge is 0.416 e. The van der Waals surface area contributed by atoms with Gasteiger partial charge in [-0.3, -0.25) is 9.59 Å². The summed E-state index contributed by atoms with van der Waals surface area (Å²) in [7, 11) is 0. The van der Waals surface area contributed by atoms with Gasteiger partial charge in [-0.05, 0) is 24.5 Å². The van der Waals surface area contributed by atoms with Gasteiger partial charge in [0.15, 0.2) is 5.78 Å². The summed E-state index contributed by atoms with van der Waals surface area (Å²) < 4.78 is 40.8. The largest absolute Gasteiger partial charge is 0.492 e. The van der Waals surface area contributed by atoms with Gasteiger partial charge in [-0.15, -0.1) is 0 Å². The molecule has 0 spiro atoms. The molecule has 2 aromatic rings. The maximum absolute atomic E-state index is 12.0. The van der Waals surface area contributed by atoms with Gasteiger partial charge in [0.25, 0.3) is 0 Å². The van der Waals surface area contributed by atoms with Gasteiger partial charge < -0.3 is 9.84 Å². The molecular weight excluding hydrogens is 444 g/mol. The third-order valence-corrected chi connectivity index (χ3v) is 5.22. The number of halogens is 5. The number of hydrogen-bond acceptors (Lipinski definition) is 3. The van der Waals surface area contributed by atoms with E-state index < -0.39 is 17.7 Å². The number of alkyl halides is 3. The van der Waals surface area contributed by atoms with Crippen molar-refractivity contribution in [1.29, 1.82) is 0 Å². The number of rotatable bonds is 5. The van der Waals surface area contributed by atoms with Crippen LogP contribution in [0.5, 0.6) is 5.75 Å². The van der Waals surface area contributed by atoms with Crippen molar-refractivity contribution in [2.75, 3.05) is 6.61 Å². The molecule has 0 fully saturated rings. The SMILES string of the molecule is CC1Cc2cc(OCCCC(=O)O)c(Cl)c(Cl)c2C1=O.FC(F)(F)c1ccccc1. The first-order chi connectivity index (χ1) is 14.0. The van der Waals surface area contributed by atoms with Crippen LogP contribution in [-0.4, -0.2) is 23.5 Å². The number of carbonyl (C=O) groups excluding carboxylic acids is 1. The molecule has 4 nitrogen and oxygen atoms in total. The van der Waals surface area contributed by atoms with E-state index in [1.165, 1.54) is 12.1 Å². The maximum atomic E-state index is 12.0. The van der Waals surface area contributed by atoms with E-state index in [9.17, 15) is 22.8 Å². The van der Waals surface area contributed by atoms with Crippen LogP contribution < -0.4 is 4.74 Å². The lowest BCUT2D eigenvalue weighted by Gasteiger charge is -2.11. The Kier molecular flexibility index (Phi) is 8.15. The Bertz CT molecular complexity index is 915. The van der Waals surface area contributed by atoms with Crippen molar-refractivity contribution >= 4 is 35.0 Å². The standard InChI is InChI=1S/C14H14Cl2O4.C7H5F3/c1-7-5-8-6-9(20-4-2-3-10(17)18)12(15)13(16)11(8)14(7)19;8-7(9,10)6-4-2-1-3-5-6/h6-7H,2-5H2,1H3,(H,17,18);1-5H. The number of ketones is 1. The zero-order chi connectivity index (χ0) is 22.5. The summed E-state index contributed by atoms with van der Waals surface area (Å²) in [5.74, 6) is -0.557. The fourth-order valence-electron chi connectivity index (χ4n) is 2.89. The molecule has 9 heteroatoms. The van der Waals surface area contributed by atoms with Gasteiger partial charge in [-0.1, -0.05) is 60.5 Å². The van der Waals surface area contributed by atoms with Crippen LogP contribution in [0.4, 0.5) is 13.2 Å². The molecule has 1 aliphatic carbocycles. The molecule has 1 N–H and O–H groups in total.